The fourth-order valence-electron chi connectivity index (χ4n) is 3.97. The first-order chi connectivity index (χ1) is 13.1. The van der Waals surface area contributed by atoms with E-state index in [9.17, 15) is 4.79 Å². The van der Waals surface area contributed by atoms with Crippen molar-refractivity contribution in [2.45, 2.75) is 84.7 Å². The molecule has 0 saturated carbocycles. The molecule has 1 atom stereocenters. The van der Waals surface area contributed by atoms with Gasteiger partial charge < -0.3 is 5.32 Å². The summed E-state index contributed by atoms with van der Waals surface area (Å²) < 4.78 is 1.89. The van der Waals surface area contributed by atoms with Gasteiger partial charge in [-0.25, -0.2) is 0 Å². The topological polar surface area (TPSA) is 74.0 Å². The van der Waals surface area contributed by atoms with Crippen LogP contribution in [0.4, 0.5) is 0 Å². The van der Waals surface area contributed by atoms with E-state index in [4.69, 9.17) is 5.26 Å². The van der Waals surface area contributed by atoms with Gasteiger partial charge in [0.2, 0.25) is 5.91 Å². The monoisotopic (exact) mass is 373 g/mol. The second-order valence-electron chi connectivity index (χ2n) is 7.62. The van der Waals surface area contributed by atoms with Crippen molar-refractivity contribution in [2.75, 3.05) is 19.6 Å². The van der Waals surface area contributed by atoms with Gasteiger partial charge in [0.05, 0.1) is 24.7 Å². The van der Waals surface area contributed by atoms with Crippen molar-refractivity contribution in [3.05, 3.63) is 17.0 Å². The van der Waals surface area contributed by atoms with Crippen LogP contribution in [-0.4, -0.2) is 46.3 Å². The summed E-state index contributed by atoms with van der Waals surface area (Å²) >= 11 is 0. The Labute approximate surface area is 163 Å². The summed E-state index contributed by atoms with van der Waals surface area (Å²) in [5.74, 6) is 0.125. The molecule has 1 aromatic rings. The van der Waals surface area contributed by atoms with E-state index in [2.05, 4.69) is 28.3 Å². The number of aromatic nitrogens is 2. The predicted octanol–water partition coefficient (Wildman–Crippen LogP) is 3.12. The summed E-state index contributed by atoms with van der Waals surface area (Å²) in [6.07, 6.45) is 7.85. The number of aryl methyl sites for hydroxylation is 2. The van der Waals surface area contributed by atoms with Crippen LogP contribution >= 0.6 is 0 Å². The van der Waals surface area contributed by atoms with Crippen LogP contribution in [0.25, 0.3) is 0 Å². The Morgan fingerprint density at radius 2 is 2.15 bits per heavy atom. The van der Waals surface area contributed by atoms with E-state index >= 15 is 0 Å². The van der Waals surface area contributed by atoms with Gasteiger partial charge in [0.25, 0.3) is 0 Å². The second kappa shape index (κ2) is 11.1. The summed E-state index contributed by atoms with van der Waals surface area (Å²) in [4.78, 5) is 14.9. The van der Waals surface area contributed by atoms with Gasteiger partial charge in [-0.3, -0.25) is 14.4 Å². The number of piperidine rings is 1. The number of hydrogen-bond donors (Lipinski definition) is 1. The van der Waals surface area contributed by atoms with Gasteiger partial charge in [-0.15, -0.1) is 0 Å². The zero-order valence-electron chi connectivity index (χ0n) is 17.3. The zero-order chi connectivity index (χ0) is 19.6. The Bertz CT molecular complexity index is 646. The highest BCUT2D eigenvalue weighted by molar-refractivity contribution is 5.76. The van der Waals surface area contributed by atoms with Crippen LogP contribution < -0.4 is 5.32 Å². The number of unbranched alkanes of at least 4 members (excludes halogenated alkanes) is 1. The molecule has 2 rings (SSSR count). The Hall–Kier alpha value is -1.87. The SMILES string of the molecule is CCCCN1CCCCC1CNC(=O)CCc1c(C)nn(CCC#N)c1C. The number of likely N-dealkylation sites (tertiary alicyclic amines) is 1. The third kappa shape index (κ3) is 6.35. The fraction of sp³-hybridized carbons (Fsp3) is 0.762. The van der Waals surface area contributed by atoms with Gasteiger partial charge in [-0.1, -0.05) is 19.8 Å². The first-order valence-electron chi connectivity index (χ1n) is 10.5. The summed E-state index contributed by atoms with van der Waals surface area (Å²) in [5, 5.41) is 16.4. The molecule has 1 aromatic heterocycles. The van der Waals surface area contributed by atoms with Crippen molar-refractivity contribution in [3.63, 3.8) is 0 Å². The fourth-order valence-corrected chi connectivity index (χ4v) is 3.97. The van der Waals surface area contributed by atoms with E-state index < -0.39 is 0 Å². The predicted molar refractivity (Wildman–Crippen MR) is 107 cm³/mol. The van der Waals surface area contributed by atoms with Crippen molar-refractivity contribution < 1.29 is 4.79 Å². The standard InChI is InChI=1S/C21H35N5O/c1-4-5-13-25-14-7-6-9-19(25)16-23-21(27)11-10-20-17(2)24-26(18(20)3)15-8-12-22/h19H,4-11,13-16H2,1-3H3,(H,23,27). The smallest absolute Gasteiger partial charge is 0.220 e. The number of carbonyl (C=O) groups excluding carboxylic acids is 1. The van der Waals surface area contributed by atoms with Gasteiger partial charge in [-0.05, 0) is 58.2 Å². The molecule has 27 heavy (non-hydrogen) atoms. The first-order valence-corrected chi connectivity index (χ1v) is 10.5. The number of amides is 1. The van der Waals surface area contributed by atoms with Crippen LogP contribution in [0, 0.1) is 25.2 Å². The maximum absolute atomic E-state index is 12.4. The molecule has 6 nitrogen and oxygen atoms in total. The van der Waals surface area contributed by atoms with Crippen molar-refractivity contribution in [3.8, 4) is 6.07 Å². The van der Waals surface area contributed by atoms with Crippen LogP contribution in [0.1, 0.15) is 68.8 Å². The number of hydrogen-bond acceptors (Lipinski definition) is 4. The molecule has 2 heterocycles. The van der Waals surface area contributed by atoms with Crippen molar-refractivity contribution in [1.82, 2.24) is 20.0 Å². The number of nitrogens with zero attached hydrogens (tertiary/aromatic N) is 4. The highest BCUT2D eigenvalue weighted by atomic mass is 16.1. The molecular weight excluding hydrogens is 338 g/mol. The Kier molecular flexibility index (Phi) is 8.80. The molecule has 0 bridgehead atoms. The minimum atomic E-state index is 0.125. The van der Waals surface area contributed by atoms with E-state index in [0.29, 0.717) is 31.8 Å². The van der Waals surface area contributed by atoms with E-state index in [-0.39, 0.29) is 5.91 Å². The largest absolute Gasteiger partial charge is 0.355 e. The summed E-state index contributed by atoms with van der Waals surface area (Å²) in [7, 11) is 0. The summed E-state index contributed by atoms with van der Waals surface area (Å²) in [5.41, 5.74) is 3.19. The molecule has 1 amide bonds. The molecule has 0 aromatic carbocycles. The molecule has 1 fully saturated rings. The molecule has 1 saturated heterocycles. The molecule has 150 valence electrons. The number of nitriles is 1. The van der Waals surface area contributed by atoms with E-state index in [0.717, 1.165) is 30.0 Å². The van der Waals surface area contributed by atoms with E-state index in [1.54, 1.807) is 0 Å². The lowest BCUT2D eigenvalue weighted by atomic mass is 10.0. The quantitative estimate of drug-likeness (QED) is 0.684. The zero-order valence-corrected chi connectivity index (χ0v) is 17.3. The molecule has 6 heteroatoms. The van der Waals surface area contributed by atoms with Gasteiger partial charge in [0.1, 0.15) is 0 Å². The van der Waals surface area contributed by atoms with Crippen LogP contribution in [0.5, 0.6) is 0 Å². The average molecular weight is 374 g/mol. The molecule has 1 aliphatic rings. The van der Waals surface area contributed by atoms with Gasteiger partial charge >= 0.3 is 0 Å². The summed E-state index contributed by atoms with van der Waals surface area (Å²) in [6, 6.07) is 2.65. The molecular formula is C21H35N5O. The molecule has 1 unspecified atom stereocenters. The van der Waals surface area contributed by atoms with E-state index in [1.807, 2.05) is 18.5 Å². The lowest BCUT2D eigenvalue weighted by molar-refractivity contribution is -0.121. The van der Waals surface area contributed by atoms with Crippen molar-refractivity contribution >= 4 is 5.91 Å². The Balaban J connectivity index is 1.80. The molecule has 0 spiro atoms. The Morgan fingerprint density at radius 1 is 1.33 bits per heavy atom. The van der Waals surface area contributed by atoms with E-state index in [1.165, 1.54) is 38.6 Å². The lowest BCUT2D eigenvalue weighted by Gasteiger charge is -2.35. The minimum absolute atomic E-state index is 0.125. The van der Waals surface area contributed by atoms with Gasteiger partial charge in [-0.2, -0.15) is 10.4 Å². The number of rotatable bonds is 10. The molecule has 0 radical (unpaired) electrons. The molecule has 0 aliphatic carbocycles. The molecule has 1 aliphatic heterocycles. The van der Waals surface area contributed by atoms with Crippen molar-refractivity contribution in [1.29, 1.82) is 5.26 Å². The highest BCUT2D eigenvalue weighted by Crippen LogP contribution is 2.18. The van der Waals surface area contributed by atoms with Crippen LogP contribution in [0.15, 0.2) is 0 Å². The third-order valence-corrected chi connectivity index (χ3v) is 5.65. The second-order valence-corrected chi connectivity index (χ2v) is 7.62. The molecule has 1 N–H and O–H groups in total. The van der Waals surface area contributed by atoms with Gasteiger partial charge in [0.15, 0.2) is 0 Å². The lowest BCUT2D eigenvalue weighted by Crippen LogP contribution is -2.47. The minimum Gasteiger partial charge on any atom is -0.355 e. The average Bonchev–Trinajstić information content (AvgIpc) is 2.94. The van der Waals surface area contributed by atoms with Crippen molar-refractivity contribution in [2.24, 2.45) is 0 Å². The van der Waals surface area contributed by atoms with Crippen LogP contribution in [0.3, 0.4) is 0 Å². The summed E-state index contributed by atoms with van der Waals surface area (Å²) in [6.45, 7) is 9.94. The van der Waals surface area contributed by atoms with Gasteiger partial charge in [0, 0.05) is 24.7 Å². The number of nitrogens with one attached hydrogen (secondary N) is 1. The normalized spacial score (nSPS) is 17.6. The number of carbonyl (C=O) groups is 1. The Morgan fingerprint density at radius 3 is 2.89 bits per heavy atom. The highest BCUT2D eigenvalue weighted by Gasteiger charge is 2.22. The van der Waals surface area contributed by atoms with Crippen LogP contribution in [0.2, 0.25) is 0 Å². The van der Waals surface area contributed by atoms with Crippen LogP contribution in [-0.2, 0) is 17.8 Å². The maximum Gasteiger partial charge on any atom is 0.220 e. The third-order valence-electron chi connectivity index (χ3n) is 5.65. The maximum atomic E-state index is 12.4. The first kappa shape index (κ1) is 21.4.